The van der Waals surface area contributed by atoms with Crippen molar-refractivity contribution in [3.8, 4) is 0 Å². The van der Waals surface area contributed by atoms with Crippen molar-refractivity contribution in [2.24, 2.45) is 0 Å². The highest BCUT2D eigenvalue weighted by Gasteiger charge is 2.41. The zero-order valence-electron chi connectivity index (χ0n) is 17.0. The van der Waals surface area contributed by atoms with Crippen LogP contribution in [-0.2, 0) is 0 Å². The van der Waals surface area contributed by atoms with E-state index in [1.165, 1.54) is 26.4 Å². The van der Waals surface area contributed by atoms with Crippen molar-refractivity contribution in [1.82, 2.24) is 0 Å². The molecule has 3 nitrogen and oxygen atoms in total. The van der Waals surface area contributed by atoms with Gasteiger partial charge >= 0.3 is 0 Å². The molecular formula is C28H13Br2NO2. The molecule has 1 aliphatic heterocycles. The Balaban J connectivity index is 1.66. The molecule has 7 aromatic rings. The second-order valence-corrected chi connectivity index (χ2v) is 10.5. The van der Waals surface area contributed by atoms with Gasteiger partial charge in [-0.1, -0.05) is 74.3 Å². The first-order valence-electron chi connectivity index (χ1n) is 10.7. The molecule has 7 aromatic carbocycles. The van der Waals surface area contributed by atoms with Crippen molar-refractivity contribution in [2.75, 3.05) is 4.90 Å². The Kier molecular flexibility index (Phi) is 3.31. The number of benzene rings is 6. The summed E-state index contributed by atoms with van der Waals surface area (Å²) >= 11 is 7.57. The van der Waals surface area contributed by atoms with Crippen molar-refractivity contribution < 1.29 is 9.90 Å². The van der Waals surface area contributed by atoms with Crippen LogP contribution in [0.4, 0.5) is 5.69 Å². The third kappa shape index (κ3) is 1.99. The third-order valence-electron chi connectivity index (χ3n) is 7.33. The molecular weight excluding hydrogens is 542 g/mol. The van der Waals surface area contributed by atoms with Crippen LogP contribution in [0.1, 0.15) is 22.1 Å². The van der Waals surface area contributed by atoms with E-state index in [9.17, 15) is 9.90 Å². The van der Waals surface area contributed by atoms with Gasteiger partial charge in [-0.2, -0.15) is 0 Å². The molecule has 33 heavy (non-hydrogen) atoms. The van der Waals surface area contributed by atoms with Gasteiger partial charge in [0.2, 0.25) is 0 Å². The normalized spacial score (nSPS) is 16.6. The van der Waals surface area contributed by atoms with E-state index in [1.807, 2.05) is 30.3 Å². The number of hydrogen-bond acceptors (Lipinski definition) is 2. The molecule has 1 atom stereocenters. The van der Waals surface area contributed by atoms with Gasteiger partial charge in [0.25, 0.3) is 5.91 Å². The van der Waals surface area contributed by atoms with Gasteiger partial charge in [-0.3, -0.25) is 9.69 Å². The molecule has 1 unspecified atom stereocenters. The number of fused-ring (bicyclic) bond motifs is 3. The molecule has 8 rings (SSSR count). The van der Waals surface area contributed by atoms with Gasteiger partial charge in [-0.05, 0) is 78.1 Å². The Morgan fingerprint density at radius 1 is 0.697 bits per heavy atom. The Morgan fingerprint density at radius 2 is 1.27 bits per heavy atom. The van der Waals surface area contributed by atoms with Crippen molar-refractivity contribution in [3.05, 3.63) is 86.8 Å². The van der Waals surface area contributed by atoms with Crippen LogP contribution in [0.25, 0.3) is 53.9 Å². The minimum atomic E-state index is -1.05. The zero-order chi connectivity index (χ0) is 22.2. The standard InChI is InChI=1S/C28H13Br2NO2/c29-18-10-16-23-21-14(18)8-6-12-7-9-15-19(30)11-17(24(23)22(15)20(12)21)26-25(16)27(32)31(28(26)33)13-4-2-1-3-5-13/h1-11,27,32H. The summed E-state index contributed by atoms with van der Waals surface area (Å²) in [6.07, 6.45) is -1.05. The number of rotatable bonds is 1. The van der Waals surface area contributed by atoms with Gasteiger partial charge in [0, 0.05) is 20.2 Å². The van der Waals surface area contributed by atoms with Crippen LogP contribution in [0.3, 0.4) is 0 Å². The van der Waals surface area contributed by atoms with Crippen molar-refractivity contribution in [2.45, 2.75) is 6.23 Å². The van der Waals surface area contributed by atoms with Crippen LogP contribution >= 0.6 is 31.9 Å². The number of anilines is 1. The Bertz CT molecular complexity index is 1920. The molecule has 0 aromatic heterocycles. The summed E-state index contributed by atoms with van der Waals surface area (Å²) in [6, 6.07) is 22.2. The quantitative estimate of drug-likeness (QED) is 0.209. The predicted molar refractivity (Wildman–Crippen MR) is 141 cm³/mol. The number of hydrogen-bond donors (Lipinski definition) is 1. The lowest BCUT2D eigenvalue weighted by atomic mass is 9.91. The van der Waals surface area contributed by atoms with E-state index >= 15 is 0 Å². The lowest BCUT2D eigenvalue weighted by Gasteiger charge is -2.21. The maximum Gasteiger partial charge on any atom is 0.261 e. The van der Waals surface area contributed by atoms with Crippen LogP contribution in [0.2, 0.25) is 0 Å². The Hall–Kier alpha value is -2.99. The minimum absolute atomic E-state index is 0.170. The SMILES string of the molecule is O=C1c2c(c3cc(Br)c4ccc5ccc6c(Br)cc2c2c6c5c4c32)C(O)N1c1ccccc1. The molecule has 1 heterocycles. The minimum Gasteiger partial charge on any atom is -0.369 e. The average Bonchev–Trinajstić information content (AvgIpc) is 3.31. The number of halogens is 2. The highest BCUT2D eigenvalue weighted by molar-refractivity contribution is 9.11. The van der Waals surface area contributed by atoms with Crippen LogP contribution in [-0.4, -0.2) is 11.0 Å². The molecule has 0 saturated carbocycles. The molecule has 0 radical (unpaired) electrons. The number of para-hydroxylation sites is 1. The first-order valence-corrected chi connectivity index (χ1v) is 12.3. The number of carbonyl (C=O) groups is 1. The molecule has 1 aliphatic rings. The molecule has 0 spiro atoms. The van der Waals surface area contributed by atoms with E-state index in [2.05, 4.69) is 68.3 Å². The topological polar surface area (TPSA) is 40.5 Å². The van der Waals surface area contributed by atoms with Crippen LogP contribution in [0, 0.1) is 0 Å². The van der Waals surface area contributed by atoms with Gasteiger partial charge in [0.05, 0.1) is 5.56 Å². The predicted octanol–water partition coefficient (Wildman–Crippen LogP) is 7.94. The third-order valence-corrected chi connectivity index (χ3v) is 8.64. The van der Waals surface area contributed by atoms with Gasteiger partial charge < -0.3 is 5.11 Å². The zero-order valence-corrected chi connectivity index (χ0v) is 20.2. The molecule has 0 bridgehead atoms. The second-order valence-electron chi connectivity index (χ2n) is 8.81. The van der Waals surface area contributed by atoms with Crippen molar-refractivity contribution >= 4 is 97.3 Å². The monoisotopic (exact) mass is 553 g/mol. The Morgan fingerprint density at radius 3 is 1.94 bits per heavy atom. The maximum absolute atomic E-state index is 13.9. The fourth-order valence-corrected chi connectivity index (χ4v) is 7.19. The van der Waals surface area contributed by atoms with E-state index < -0.39 is 6.23 Å². The fraction of sp³-hybridized carbons (Fsp3) is 0.0357. The molecule has 5 heteroatoms. The fourth-order valence-electron chi connectivity index (χ4n) is 6.07. The second kappa shape index (κ2) is 5.92. The molecule has 0 aliphatic carbocycles. The summed E-state index contributed by atoms with van der Waals surface area (Å²) in [4.78, 5) is 15.4. The summed E-state index contributed by atoms with van der Waals surface area (Å²) in [5, 5.41) is 22.7. The Labute approximate surface area is 204 Å². The molecule has 1 amide bonds. The van der Waals surface area contributed by atoms with E-state index in [1.54, 1.807) is 0 Å². The highest BCUT2D eigenvalue weighted by Crippen LogP contribution is 2.55. The largest absolute Gasteiger partial charge is 0.369 e. The van der Waals surface area contributed by atoms with Crippen molar-refractivity contribution in [1.29, 1.82) is 0 Å². The highest BCUT2D eigenvalue weighted by atomic mass is 79.9. The summed E-state index contributed by atoms with van der Waals surface area (Å²) in [5.41, 5.74) is 1.96. The number of amides is 1. The van der Waals surface area contributed by atoms with E-state index in [4.69, 9.17) is 0 Å². The first kappa shape index (κ1) is 18.4. The number of aliphatic hydroxyl groups excluding tert-OH is 1. The van der Waals surface area contributed by atoms with E-state index in [0.717, 1.165) is 41.3 Å². The number of nitrogens with zero attached hydrogens (tertiary/aromatic N) is 1. The lowest BCUT2D eigenvalue weighted by Crippen LogP contribution is -2.27. The van der Waals surface area contributed by atoms with Gasteiger partial charge in [0.1, 0.15) is 0 Å². The van der Waals surface area contributed by atoms with E-state index in [0.29, 0.717) is 16.8 Å². The number of aliphatic hydroxyl groups is 1. The molecule has 1 N–H and O–H groups in total. The van der Waals surface area contributed by atoms with Gasteiger partial charge in [-0.15, -0.1) is 0 Å². The lowest BCUT2D eigenvalue weighted by molar-refractivity contribution is 0.0937. The van der Waals surface area contributed by atoms with Gasteiger partial charge in [-0.25, -0.2) is 0 Å². The first-order chi connectivity index (χ1) is 16.1. The molecule has 156 valence electrons. The number of carbonyl (C=O) groups excluding carboxylic acids is 1. The summed E-state index contributed by atoms with van der Waals surface area (Å²) in [6.45, 7) is 0. The molecule has 0 fully saturated rings. The maximum atomic E-state index is 13.9. The van der Waals surface area contributed by atoms with Crippen LogP contribution in [0.5, 0.6) is 0 Å². The summed E-state index contributed by atoms with van der Waals surface area (Å²) < 4.78 is 1.92. The summed E-state index contributed by atoms with van der Waals surface area (Å²) in [5.74, 6) is -0.170. The molecule has 0 saturated heterocycles. The van der Waals surface area contributed by atoms with Crippen LogP contribution < -0.4 is 4.90 Å². The summed E-state index contributed by atoms with van der Waals surface area (Å²) in [7, 11) is 0. The van der Waals surface area contributed by atoms with Crippen molar-refractivity contribution in [3.63, 3.8) is 0 Å². The van der Waals surface area contributed by atoms with Crippen LogP contribution in [0.15, 0.2) is 75.7 Å². The van der Waals surface area contributed by atoms with Gasteiger partial charge in [0.15, 0.2) is 6.23 Å². The van der Waals surface area contributed by atoms with E-state index in [-0.39, 0.29) is 5.91 Å². The average molecular weight is 555 g/mol. The smallest absolute Gasteiger partial charge is 0.261 e.